The summed E-state index contributed by atoms with van der Waals surface area (Å²) in [5.74, 6) is -2.38. The van der Waals surface area contributed by atoms with Gasteiger partial charge < -0.3 is 0 Å². The van der Waals surface area contributed by atoms with Crippen LogP contribution in [-0.4, -0.2) is 10.8 Å². The van der Waals surface area contributed by atoms with Crippen molar-refractivity contribution in [2.75, 3.05) is 0 Å². The number of hydrogen-bond acceptors (Lipinski definition) is 2. The molecule has 2 nitrogen and oxygen atoms in total. The predicted octanol–water partition coefficient (Wildman–Crippen LogP) is 2.90. The van der Waals surface area contributed by atoms with Crippen LogP contribution in [0.4, 0.5) is 8.78 Å². The van der Waals surface area contributed by atoms with Crippen molar-refractivity contribution < 1.29 is 13.6 Å². The number of benzene rings is 1. The summed E-state index contributed by atoms with van der Waals surface area (Å²) in [5, 5.41) is 0. The molecule has 0 amide bonds. The number of aromatic nitrogens is 1. The fourth-order valence-corrected chi connectivity index (χ4v) is 1.51. The van der Waals surface area contributed by atoms with Gasteiger partial charge in [0.25, 0.3) is 0 Å². The minimum atomic E-state index is -0.859. The van der Waals surface area contributed by atoms with E-state index in [-0.39, 0.29) is 11.1 Å². The van der Waals surface area contributed by atoms with Crippen LogP contribution >= 0.6 is 0 Å². The van der Waals surface area contributed by atoms with Crippen LogP contribution in [-0.2, 0) is 0 Å². The van der Waals surface area contributed by atoms with Crippen molar-refractivity contribution in [2.24, 2.45) is 0 Å². The highest BCUT2D eigenvalue weighted by Crippen LogP contribution is 2.19. The number of hydrogen-bond donors (Lipinski definition) is 0. The lowest BCUT2D eigenvalue weighted by atomic mass is 10.0. The van der Waals surface area contributed by atoms with Crippen molar-refractivity contribution in [3.8, 4) is 0 Å². The maximum absolute atomic E-state index is 13.7. The summed E-state index contributed by atoms with van der Waals surface area (Å²) in [5.41, 5.74) is -0.132. The summed E-state index contributed by atoms with van der Waals surface area (Å²) in [7, 11) is 0. The van der Waals surface area contributed by atoms with Crippen molar-refractivity contribution in [3.63, 3.8) is 0 Å². The molecule has 1 aromatic heterocycles. The van der Waals surface area contributed by atoms with Crippen LogP contribution in [0.3, 0.4) is 0 Å². The van der Waals surface area contributed by atoms with Gasteiger partial charge in [-0.3, -0.25) is 9.78 Å². The Morgan fingerprint density at radius 1 is 1.24 bits per heavy atom. The van der Waals surface area contributed by atoms with E-state index in [1.165, 1.54) is 31.5 Å². The number of pyridine rings is 1. The van der Waals surface area contributed by atoms with Crippen LogP contribution in [0.1, 0.15) is 21.5 Å². The molecule has 17 heavy (non-hydrogen) atoms. The molecule has 0 N–H and O–H groups in total. The predicted molar refractivity (Wildman–Crippen MR) is 58.8 cm³/mol. The molecule has 4 heteroatoms. The monoisotopic (exact) mass is 233 g/mol. The van der Waals surface area contributed by atoms with Gasteiger partial charge in [-0.15, -0.1) is 0 Å². The normalized spacial score (nSPS) is 10.3. The molecule has 0 radical (unpaired) electrons. The molecule has 86 valence electrons. The number of carbonyl (C=O) groups excluding carboxylic acids is 1. The van der Waals surface area contributed by atoms with Crippen LogP contribution in [0.25, 0.3) is 0 Å². The molecule has 0 fully saturated rings. The van der Waals surface area contributed by atoms with Crippen LogP contribution in [0.5, 0.6) is 0 Å². The van der Waals surface area contributed by atoms with Crippen LogP contribution in [0.15, 0.2) is 36.7 Å². The van der Waals surface area contributed by atoms with E-state index in [2.05, 4.69) is 4.98 Å². The number of aryl methyl sites for hydroxylation is 1. The van der Waals surface area contributed by atoms with Gasteiger partial charge in [0.2, 0.25) is 0 Å². The number of rotatable bonds is 2. The van der Waals surface area contributed by atoms with Crippen molar-refractivity contribution in [1.29, 1.82) is 0 Å². The Labute approximate surface area is 96.9 Å². The molecule has 0 aliphatic heterocycles. The molecule has 0 bridgehead atoms. The highest BCUT2D eigenvalue weighted by Gasteiger charge is 2.20. The van der Waals surface area contributed by atoms with Gasteiger partial charge in [0.05, 0.1) is 5.56 Å². The third-order valence-corrected chi connectivity index (χ3v) is 2.43. The minimum Gasteiger partial charge on any atom is -0.288 e. The zero-order chi connectivity index (χ0) is 12.4. The van der Waals surface area contributed by atoms with Crippen LogP contribution in [0.2, 0.25) is 0 Å². The minimum absolute atomic E-state index is 0.163. The Balaban J connectivity index is 2.56. The van der Waals surface area contributed by atoms with E-state index < -0.39 is 23.0 Å². The highest BCUT2D eigenvalue weighted by atomic mass is 19.1. The summed E-state index contributed by atoms with van der Waals surface area (Å²) in [6, 6.07) is 5.39. The fraction of sp³-hybridized carbons (Fsp3) is 0.0769. The van der Waals surface area contributed by atoms with Gasteiger partial charge in [-0.25, -0.2) is 8.78 Å². The lowest BCUT2D eigenvalue weighted by Crippen LogP contribution is -2.09. The Hall–Kier alpha value is -2.10. The summed E-state index contributed by atoms with van der Waals surface area (Å²) in [6.07, 6.45) is 2.77. The fourth-order valence-electron chi connectivity index (χ4n) is 1.51. The smallest absolute Gasteiger partial charge is 0.200 e. The molecule has 0 unspecified atom stereocenters. The molecule has 0 aliphatic rings. The standard InChI is InChI=1S/C13H9F2NO/c1-8-4-5-10(14)11(12(8)15)13(17)9-3-2-6-16-7-9/h2-7H,1H3. The topological polar surface area (TPSA) is 30.0 Å². The van der Waals surface area contributed by atoms with E-state index in [1.807, 2.05) is 0 Å². The first kappa shape index (κ1) is 11.4. The number of carbonyl (C=O) groups is 1. The lowest BCUT2D eigenvalue weighted by Gasteiger charge is -2.06. The molecular formula is C13H9F2NO. The highest BCUT2D eigenvalue weighted by molar-refractivity contribution is 6.09. The number of ketones is 1. The first-order valence-corrected chi connectivity index (χ1v) is 5.00. The van der Waals surface area contributed by atoms with E-state index in [4.69, 9.17) is 0 Å². The van der Waals surface area contributed by atoms with Crippen molar-refractivity contribution in [2.45, 2.75) is 6.92 Å². The van der Waals surface area contributed by atoms with E-state index in [0.29, 0.717) is 0 Å². The molecule has 0 aliphatic carbocycles. The molecule has 0 atom stereocenters. The van der Waals surface area contributed by atoms with Gasteiger partial charge in [-0.1, -0.05) is 6.07 Å². The first-order chi connectivity index (χ1) is 8.11. The largest absolute Gasteiger partial charge is 0.288 e. The van der Waals surface area contributed by atoms with Gasteiger partial charge in [-0.2, -0.15) is 0 Å². The Kier molecular flexibility index (Phi) is 2.95. The third kappa shape index (κ3) is 2.06. The molecular weight excluding hydrogens is 224 g/mol. The molecule has 0 saturated carbocycles. The second kappa shape index (κ2) is 4.41. The lowest BCUT2D eigenvalue weighted by molar-refractivity contribution is 0.103. The molecule has 1 heterocycles. The van der Waals surface area contributed by atoms with Crippen molar-refractivity contribution in [1.82, 2.24) is 4.98 Å². The van der Waals surface area contributed by atoms with E-state index in [1.54, 1.807) is 6.07 Å². The molecule has 2 aromatic rings. The van der Waals surface area contributed by atoms with Gasteiger partial charge in [-0.05, 0) is 30.7 Å². The third-order valence-electron chi connectivity index (χ3n) is 2.43. The number of halogens is 2. The van der Waals surface area contributed by atoms with E-state index >= 15 is 0 Å². The van der Waals surface area contributed by atoms with E-state index in [0.717, 1.165) is 6.07 Å². The molecule has 0 spiro atoms. The Morgan fingerprint density at radius 3 is 2.65 bits per heavy atom. The summed E-state index contributed by atoms with van der Waals surface area (Å²) in [4.78, 5) is 15.7. The van der Waals surface area contributed by atoms with Gasteiger partial charge >= 0.3 is 0 Å². The number of nitrogens with zero attached hydrogens (tertiary/aromatic N) is 1. The van der Waals surface area contributed by atoms with Crippen molar-refractivity contribution >= 4 is 5.78 Å². The summed E-state index contributed by atoms with van der Waals surface area (Å²) < 4.78 is 27.2. The molecule has 1 aromatic carbocycles. The van der Waals surface area contributed by atoms with Crippen LogP contribution in [0, 0.1) is 18.6 Å². The van der Waals surface area contributed by atoms with Gasteiger partial charge in [0.1, 0.15) is 11.6 Å². The maximum atomic E-state index is 13.7. The second-order valence-electron chi connectivity index (χ2n) is 3.62. The zero-order valence-corrected chi connectivity index (χ0v) is 9.08. The zero-order valence-electron chi connectivity index (χ0n) is 9.08. The average molecular weight is 233 g/mol. The van der Waals surface area contributed by atoms with E-state index in [9.17, 15) is 13.6 Å². The summed E-state index contributed by atoms with van der Waals surface area (Å²) >= 11 is 0. The second-order valence-corrected chi connectivity index (χ2v) is 3.62. The molecule has 0 saturated heterocycles. The molecule has 2 rings (SSSR count). The SMILES string of the molecule is Cc1ccc(F)c(C(=O)c2cccnc2)c1F. The Morgan fingerprint density at radius 2 is 2.00 bits per heavy atom. The van der Waals surface area contributed by atoms with Crippen molar-refractivity contribution in [3.05, 3.63) is 65.0 Å². The van der Waals surface area contributed by atoms with Gasteiger partial charge in [0, 0.05) is 18.0 Å². The average Bonchev–Trinajstić information content (AvgIpc) is 2.35. The van der Waals surface area contributed by atoms with Crippen LogP contribution < -0.4 is 0 Å². The quantitative estimate of drug-likeness (QED) is 0.746. The van der Waals surface area contributed by atoms with Gasteiger partial charge in [0.15, 0.2) is 5.78 Å². The maximum Gasteiger partial charge on any atom is 0.200 e. The first-order valence-electron chi connectivity index (χ1n) is 5.00. The Bertz CT molecular complexity index is 567. The summed E-state index contributed by atoms with van der Waals surface area (Å²) in [6.45, 7) is 1.48.